The molecule has 1 unspecified atom stereocenters. The summed E-state index contributed by atoms with van der Waals surface area (Å²) < 4.78 is 35.7. The minimum absolute atomic E-state index is 0.0807. The molecular formula is C11H14F3NO. The van der Waals surface area contributed by atoms with Crippen molar-refractivity contribution in [3.05, 3.63) is 29.6 Å². The Hall–Kier alpha value is -1.10. The normalized spacial score (nSPS) is 13.8. The fraction of sp³-hybridized carbons (Fsp3) is 0.545. The maximum atomic E-state index is 11.9. The van der Waals surface area contributed by atoms with Gasteiger partial charge in [0.25, 0.3) is 0 Å². The molecule has 0 aliphatic carbocycles. The second kappa shape index (κ2) is 5.30. The molecule has 0 aliphatic heterocycles. The zero-order valence-corrected chi connectivity index (χ0v) is 8.96. The van der Waals surface area contributed by atoms with Gasteiger partial charge in [0.15, 0.2) is 0 Å². The molecule has 0 saturated carbocycles. The van der Waals surface area contributed by atoms with Crippen molar-refractivity contribution in [1.82, 2.24) is 4.98 Å². The van der Waals surface area contributed by atoms with Crippen LogP contribution in [-0.4, -0.2) is 16.3 Å². The van der Waals surface area contributed by atoms with Crippen LogP contribution in [0, 0.1) is 6.92 Å². The van der Waals surface area contributed by atoms with Crippen molar-refractivity contribution < 1.29 is 18.3 Å². The Bertz CT molecular complexity index is 338. The van der Waals surface area contributed by atoms with Gasteiger partial charge in [-0.05, 0) is 31.4 Å². The largest absolute Gasteiger partial charge is 0.389 e. The molecule has 90 valence electrons. The summed E-state index contributed by atoms with van der Waals surface area (Å²) in [5.41, 5.74) is 1.26. The molecule has 0 radical (unpaired) electrons. The first-order valence-electron chi connectivity index (χ1n) is 5.06. The molecule has 0 fully saturated rings. The monoisotopic (exact) mass is 233 g/mol. The molecule has 1 aromatic rings. The lowest BCUT2D eigenvalue weighted by atomic mass is 10.0. The number of aliphatic hydroxyl groups excluding tert-OH is 1. The molecule has 5 heteroatoms. The fourth-order valence-electron chi connectivity index (χ4n) is 1.48. The van der Waals surface area contributed by atoms with Gasteiger partial charge < -0.3 is 5.11 Å². The van der Waals surface area contributed by atoms with Crippen LogP contribution in [0.5, 0.6) is 0 Å². The molecule has 0 aromatic carbocycles. The summed E-state index contributed by atoms with van der Waals surface area (Å²) in [6.07, 6.45) is -4.41. The first-order valence-corrected chi connectivity index (χ1v) is 5.06. The van der Waals surface area contributed by atoms with Gasteiger partial charge in [-0.25, -0.2) is 0 Å². The number of alkyl halides is 3. The molecular weight excluding hydrogens is 219 g/mol. The number of aromatic nitrogens is 1. The van der Waals surface area contributed by atoms with E-state index in [9.17, 15) is 18.3 Å². The highest BCUT2D eigenvalue weighted by molar-refractivity contribution is 5.19. The van der Waals surface area contributed by atoms with E-state index >= 15 is 0 Å². The lowest BCUT2D eigenvalue weighted by Gasteiger charge is -2.12. The average molecular weight is 233 g/mol. The van der Waals surface area contributed by atoms with Crippen LogP contribution in [0.3, 0.4) is 0 Å². The van der Waals surface area contributed by atoms with Gasteiger partial charge in [0, 0.05) is 12.6 Å². The van der Waals surface area contributed by atoms with Crippen molar-refractivity contribution in [2.24, 2.45) is 0 Å². The molecule has 0 spiro atoms. The van der Waals surface area contributed by atoms with Crippen molar-refractivity contribution in [2.75, 3.05) is 0 Å². The summed E-state index contributed by atoms with van der Waals surface area (Å²) in [5, 5.41) is 9.67. The quantitative estimate of drug-likeness (QED) is 0.866. The maximum Gasteiger partial charge on any atom is 0.389 e. The standard InChI is InChI=1S/C11H14F3NO/c1-8-4-3-7-15-10(8)9(16)5-2-6-11(12,13)14/h3-4,7,9,16H,2,5-6H2,1H3. The van der Waals surface area contributed by atoms with Gasteiger partial charge in [-0.2, -0.15) is 13.2 Å². The van der Waals surface area contributed by atoms with Gasteiger partial charge in [-0.1, -0.05) is 6.07 Å². The smallest absolute Gasteiger partial charge is 0.387 e. The van der Waals surface area contributed by atoms with E-state index in [0.29, 0.717) is 5.69 Å². The van der Waals surface area contributed by atoms with Gasteiger partial charge in [-0.15, -0.1) is 0 Å². The molecule has 0 bridgehead atoms. The lowest BCUT2D eigenvalue weighted by Crippen LogP contribution is -2.09. The number of halogens is 3. The highest BCUT2D eigenvalue weighted by Gasteiger charge is 2.26. The molecule has 1 rings (SSSR count). The molecule has 0 aliphatic rings. The Kier molecular flexibility index (Phi) is 4.29. The van der Waals surface area contributed by atoms with Crippen LogP contribution in [0.15, 0.2) is 18.3 Å². The number of hydrogen-bond donors (Lipinski definition) is 1. The number of rotatable bonds is 4. The Morgan fingerprint density at radius 1 is 1.44 bits per heavy atom. The number of pyridine rings is 1. The van der Waals surface area contributed by atoms with E-state index in [-0.39, 0.29) is 12.8 Å². The Morgan fingerprint density at radius 3 is 2.69 bits per heavy atom. The molecule has 16 heavy (non-hydrogen) atoms. The minimum Gasteiger partial charge on any atom is -0.387 e. The average Bonchev–Trinajstić information content (AvgIpc) is 2.16. The summed E-state index contributed by atoms with van der Waals surface area (Å²) in [7, 11) is 0. The molecule has 0 saturated heterocycles. The molecule has 1 atom stereocenters. The van der Waals surface area contributed by atoms with Crippen molar-refractivity contribution in [3.63, 3.8) is 0 Å². The van der Waals surface area contributed by atoms with Gasteiger partial charge in [-0.3, -0.25) is 4.98 Å². The fourth-order valence-corrected chi connectivity index (χ4v) is 1.48. The third kappa shape index (κ3) is 4.18. The van der Waals surface area contributed by atoms with Gasteiger partial charge >= 0.3 is 6.18 Å². The lowest BCUT2D eigenvalue weighted by molar-refractivity contribution is -0.136. The summed E-state index contributed by atoms with van der Waals surface area (Å²) in [6.45, 7) is 1.77. The van der Waals surface area contributed by atoms with Crippen molar-refractivity contribution >= 4 is 0 Å². The van der Waals surface area contributed by atoms with Crippen molar-refractivity contribution in [1.29, 1.82) is 0 Å². The number of aryl methyl sites for hydroxylation is 1. The van der Waals surface area contributed by atoms with Crippen LogP contribution in [0.1, 0.15) is 36.6 Å². The second-order valence-electron chi connectivity index (χ2n) is 3.73. The van der Waals surface area contributed by atoms with E-state index in [1.807, 2.05) is 0 Å². The second-order valence-corrected chi connectivity index (χ2v) is 3.73. The Labute approximate surface area is 92.1 Å². The summed E-state index contributed by atoms with van der Waals surface area (Å²) in [5.74, 6) is 0. The minimum atomic E-state index is -4.15. The summed E-state index contributed by atoms with van der Waals surface area (Å²) in [4.78, 5) is 3.96. The van der Waals surface area contributed by atoms with E-state index in [4.69, 9.17) is 0 Å². The summed E-state index contributed by atoms with van der Waals surface area (Å²) >= 11 is 0. The van der Waals surface area contributed by atoms with E-state index in [0.717, 1.165) is 5.56 Å². The van der Waals surface area contributed by atoms with Crippen LogP contribution in [0.4, 0.5) is 13.2 Å². The third-order valence-corrected chi connectivity index (χ3v) is 2.30. The first-order chi connectivity index (χ1) is 7.40. The van der Waals surface area contributed by atoms with E-state index < -0.39 is 18.7 Å². The molecule has 1 N–H and O–H groups in total. The summed E-state index contributed by atoms with van der Waals surface area (Å²) in [6, 6.07) is 3.50. The molecule has 1 heterocycles. The number of nitrogens with zero attached hydrogens (tertiary/aromatic N) is 1. The predicted octanol–water partition coefficient (Wildman–Crippen LogP) is 3.16. The van der Waals surface area contributed by atoms with Gasteiger partial charge in [0.2, 0.25) is 0 Å². The SMILES string of the molecule is Cc1cccnc1C(O)CCCC(F)(F)F. The zero-order valence-electron chi connectivity index (χ0n) is 8.96. The van der Waals surface area contributed by atoms with Gasteiger partial charge in [0.1, 0.15) is 0 Å². The predicted molar refractivity (Wildman–Crippen MR) is 53.8 cm³/mol. The van der Waals surface area contributed by atoms with Crippen LogP contribution in [0.25, 0.3) is 0 Å². The Morgan fingerprint density at radius 2 is 2.12 bits per heavy atom. The number of aliphatic hydroxyl groups is 1. The zero-order chi connectivity index (χ0) is 12.2. The van der Waals surface area contributed by atoms with Crippen LogP contribution < -0.4 is 0 Å². The van der Waals surface area contributed by atoms with Gasteiger partial charge in [0.05, 0.1) is 11.8 Å². The number of hydrogen-bond acceptors (Lipinski definition) is 2. The third-order valence-electron chi connectivity index (χ3n) is 2.30. The molecule has 1 aromatic heterocycles. The topological polar surface area (TPSA) is 33.1 Å². The molecule has 2 nitrogen and oxygen atoms in total. The maximum absolute atomic E-state index is 11.9. The van der Waals surface area contributed by atoms with Crippen LogP contribution in [-0.2, 0) is 0 Å². The Balaban J connectivity index is 2.47. The van der Waals surface area contributed by atoms with Crippen molar-refractivity contribution in [3.8, 4) is 0 Å². The van der Waals surface area contributed by atoms with E-state index in [2.05, 4.69) is 4.98 Å². The van der Waals surface area contributed by atoms with E-state index in [1.54, 1.807) is 19.1 Å². The first kappa shape index (κ1) is 13.0. The molecule has 0 amide bonds. The highest BCUT2D eigenvalue weighted by atomic mass is 19.4. The van der Waals surface area contributed by atoms with E-state index in [1.165, 1.54) is 6.20 Å². The highest BCUT2D eigenvalue weighted by Crippen LogP contribution is 2.26. The van der Waals surface area contributed by atoms with Crippen molar-refractivity contribution in [2.45, 2.75) is 38.5 Å². The van der Waals surface area contributed by atoms with Crippen LogP contribution in [0.2, 0.25) is 0 Å². The van der Waals surface area contributed by atoms with Crippen LogP contribution >= 0.6 is 0 Å².